The fourth-order valence-electron chi connectivity index (χ4n) is 2.83. The van der Waals surface area contributed by atoms with Crippen molar-refractivity contribution in [3.05, 3.63) is 35.4 Å². The lowest BCUT2D eigenvalue weighted by Crippen LogP contribution is -2.34. The van der Waals surface area contributed by atoms with E-state index in [1.54, 1.807) is 0 Å². The van der Waals surface area contributed by atoms with Gasteiger partial charge in [-0.25, -0.2) is 8.78 Å². The molecule has 0 spiro atoms. The van der Waals surface area contributed by atoms with E-state index in [1.165, 1.54) is 6.07 Å². The zero-order valence-corrected chi connectivity index (χ0v) is 13.4. The maximum Gasteiger partial charge on any atom is 0.220 e. The molecule has 24 heavy (non-hydrogen) atoms. The third-order valence-corrected chi connectivity index (χ3v) is 4.12. The topological polar surface area (TPSA) is 78.4 Å². The average Bonchev–Trinajstić information content (AvgIpc) is 3.03. The van der Waals surface area contributed by atoms with Crippen molar-refractivity contribution in [2.24, 2.45) is 0 Å². The Morgan fingerprint density at radius 3 is 2.33 bits per heavy atom. The first-order valence-corrected chi connectivity index (χ1v) is 8.15. The Kier molecular flexibility index (Phi) is 6.66. The zero-order chi connectivity index (χ0) is 17.5. The number of benzene rings is 1. The predicted molar refractivity (Wildman–Crippen MR) is 84.0 cm³/mol. The number of carbonyl (C=O) groups is 2. The van der Waals surface area contributed by atoms with Gasteiger partial charge in [0.05, 0.1) is 5.56 Å². The van der Waals surface area contributed by atoms with Crippen LogP contribution >= 0.6 is 0 Å². The molecule has 2 rings (SSSR count). The number of carbonyl (C=O) groups excluding carboxylic acids is 2. The van der Waals surface area contributed by atoms with E-state index in [-0.39, 0.29) is 31.3 Å². The molecule has 3 N–H and O–H groups in total. The summed E-state index contributed by atoms with van der Waals surface area (Å²) < 4.78 is 27.0. The molecule has 132 valence electrons. The average molecular weight is 340 g/mol. The third kappa shape index (κ3) is 5.26. The number of hydrogen-bond donors (Lipinski definition) is 3. The summed E-state index contributed by atoms with van der Waals surface area (Å²) in [5, 5.41) is 15.1. The van der Waals surface area contributed by atoms with Crippen molar-refractivity contribution in [3.63, 3.8) is 0 Å². The molecule has 5 nitrogen and oxygen atoms in total. The molecule has 0 aliphatic heterocycles. The van der Waals surface area contributed by atoms with E-state index in [0.717, 1.165) is 37.8 Å². The summed E-state index contributed by atoms with van der Waals surface area (Å²) in [7, 11) is 0. The van der Waals surface area contributed by atoms with Crippen LogP contribution in [0.25, 0.3) is 0 Å². The Labute approximate surface area is 139 Å². The standard InChI is InChI=1S/C17H22F2N2O3/c18-12-6-3-7-13(19)17(12)14(22)10-20-15(23)8-9-16(24)21-11-4-1-2-5-11/h3,6-7,11,14,22H,1-2,4-5,8-10H2,(H,20,23)(H,21,24). The summed E-state index contributed by atoms with van der Waals surface area (Å²) >= 11 is 0. The molecule has 1 atom stereocenters. The zero-order valence-electron chi connectivity index (χ0n) is 13.4. The fraction of sp³-hybridized carbons (Fsp3) is 0.529. The van der Waals surface area contributed by atoms with Gasteiger partial charge in [-0.3, -0.25) is 9.59 Å². The summed E-state index contributed by atoms with van der Waals surface area (Å²) in [6.07, 6.45) is 2.68. The number of rotatable bonds is 7. The van der Waals surface area contributed by atoms with Crippen LogP contribution in [-0.4, -0.2) is 29.5 Å². The van der Waals surface area contributed by atoms with Crippen molar-refractivity contribution in [1.29, 1.82) is 0 Å². The Morgan fingerprint density at radius 1 is 1.12 bits per heavy atom. The first kappa shape index (κ1) is 18.3. The molecule has 7 heteroatoms. The predicted octanol–water partition coefficient (Wildman–Crippen LogP) is 1.95. The van der Waals surface area contributed by atoms with Crippen LogP contribution in [-0.2, 0) is 9.59 Å². The van der Waals surface area contributed by atoms with Crippen LogP contribution in [0, 0.1) is 11.6 Å². The normalized spacial score (nSPS) is 16.0. The summed E-state index contributed by atoms with van der Waals surface area (Å²) in [5.74, 6) is -2.37. The van der Waals surface area contributed by atoms with Crippen molar-refractivity contribution in [2.75, 3.05) is 6.54 Å². The Morgan fingerprint density at radius 2 is 1.71 bits per heavy atom. The van der Waals surface area contributed by atoms with Crippen LogP contribution in [0.4, 0.5) is 8.78 Å². The highest BCUT2D eigenvalue weighted by Crippen LogP contribution is 2.20. The molecule has 0 heterocycles. The number of amides is 2. The van der Waals surface area contributed by atoms with Crippen LogP contribution in [0.5, 0.6) is 0 Å². The van der Waals surface area contributed by atoms with Gasteiger partial charge in [0.1, 0.15) is 17.7 Å². The van der Waals surface area contributed by atoms with Crippen molar-refractivity contribution in [3.8, 4) is 0 Å². The van der Waals surface area contributed by atoms with E-state index in [0.29, 0.717) is 0 Å². The monoisotopic (exact) mass is 340 g/mol. The minimum absolute atomic E-state index is 0.0367. The lowest BCUT2D eigenvalue weighted by atomic mass is 10.1. The molecule has 1 saturated carbocycles. The van der Waals surface area contributed by atoms with Gasteiger partial charge >= 0.3 is 0 Å². The van der Waals surface area contributed by atoms with Crippen LogP contribution in [0.2, 0.25) is 0 Å². The van der Waals surface area contributed by atoms with Crippen LogP contribution in [0.3, 0.4) is 0 Å². The maximum absolute atomic E-state index is 13.5. The molecular formula is C17H22F2N2O3. The van der Waals surface area contributed by atoms with E-state index in [1.807, 2.05) is 0 Å². The second-order valence-electron chi connectivity index (χ2n) is 6.00. The number of nitrogens with one attached hydrogen (secondary N) is 2. The highest BCUT2D eigenvalue weighted by molar-refractivity contribution is 5.83. The molecule has 1 aromatic rings. The van der Waals surface area contributed by atoms with Gasteiger partial charge < -0.3 is 15.7 Å². The fourth-order valence-corrected chi connectivity index (χ4v) is 2.83. The van der Waals surface area contributed by atoms with Gasteiger partial charge in [-0.05, 0) is 25.0 Å². The lowest BCUT2D eigenvalue weighted by molar-refractivity contribution is -0.127. The minimum atomic E-state index is -1.48. The summed E-state index contributed by atoms with van der Waals surface area (Å²) in [6, 6.07) is 3.47. The molecular weight excluding hydrogens is 318 g/mol. The van der Waals surface area contributed by atoms with Crippen molar-refractivity contribution in [1.82, 2.24) is 10.6 Å². The number of aliphatic hydroxyl groups is 1. The van der Waals surface area contributed by atoms with E-state index < -0.39 is 29.2 Å². The van der Waals surface area contributed by atoms with Gasteiger partial charge in [-0.1, -0.05) is 18.9 Å². The third-order valence-electron chi connectivity index (χ3n) is 4.12. The van der Waals surface area contributed by atoms with Crippen molar-refractivity contribution < 1.29 is 23.5 Å². The van der Waals surface area contributed by atoms with Gasteiger partial charge in [-0.2, -0.15) is 0 Å². The first-order valence-electron chi connectivity index (χ1n) is 8.15. The highest BCUT2D eigenvalue weighted by Gasteiger charge is 2.19. The maximum atomic E-state index is 13.5. The van der Waals surface area contributed by atoms with Crippen LogP contribution in [0.1, 0.15) is 50.2 Å². The molecule has 0 saturated heterocycles. The molecule has 1 aromatic carbocycles. The molecule has 0 bridgehead atoms. The number of aliphatic hydroxyl groups excluding tert-OH is 1. The SMILES string of the molecule is O=C(CCC(=O)NC1CCCC1)NCC(O)c1c(F)cccc1F. The van der Waals surface area contributed by atoms with E-state index in [4.69, 9.17) is 0 Å². The lowest BCUT2D eigenvalue weighted by Gasteiger charge is -2.14. The smallest absolute Gasteiger partial charge is 0.220 e. The second kappa shape index (κ2) is 8.73. The Bertz CT molecular complexity index is 569. The van der Waals surface area contributed by atoms with E-state index in [9.17, 15) is 23.5 Å². The van der Waals surface area contributed by atoms with Crippen LogP contribution in [0.15, 0.2) is 18.2 Å². The van der Waals surface area contributed by atoms with Gasteiger partial charge in [0.15, 0.2) is 0 Å². The molecule has 1 aliphatic rings. The summed E-state index contributed by atoms with van der Waals surface area (Å²) in [4.78, 5) is 23.4. The second-order valence-corrected chi connectivity index (χ2v) is 6.00. The molecule has 0 radical (unpaired) electrons. The van der Waals surface area contributed by atoms with Crippen molar-refractivity contribution in [2.45, 2.75) is 50.7 Å². The van der Waals surface area contributed by atoms with E-state index in [2.05, 4.69) is 10.6 Å². The van der Waals surface area contributed by atoms with E-state index >= 15 is 0 Å². The highest BCUT2D eigenvalue weighted by atomic mass is 19.1. The van der Waals surface area contributed by atoms with Gasteiger partial charge in [0.25, 0.3) is 0 Å². The largest absolute Gasteiger partial charge is 0.386 e. The number of hydrogen-bond acceptors (Lipinski definition) is 3. The number of halogens is 2. The molecule has 1 fully saturated rings. The van der Waals surface area contributed by atoms with Crippen molar-refractivity contribution >= 4 is 11.8 Å². The molecule has 2 amide bonds. The quantitative estimate of drug-likeness (QED) is 0.710. The molecule has 1 aliphatic carbocycles. The molecule has 1 unspecified atom stereocenters. The summed E-state index contributed by atoms with van der Waals surface area (Å²) in [5.41, 5.74) is -0.475. The van der Waals surface area contributed by atoms with Gasteiger partial charge in [0.2, 0.25) is 11.8 Å². The Hall–Kier alpha value is -2.02. The summed E-state index contributed by atoms with van der Waals surface area (Å²) in [6.45, 7) is -0.319. The van der Waals surface area contributed by atoms with Gasteiger partial charge in [-0.15, -0.1) is 0 Å². The minimum Gasteiger partial charge on any atom is -0.386 e. The first-order chi connectivity index (χ1) is 11.5. The van der Waals surface area contributed by atoms with Crippen LogP contribution < -0.4 is 10.6 Å². The molecule has 0 aromatic heterocycles. The van der Waals surface area contributed by atoms with Gasteiger partial charge in [0, 0.05) is 25.4 Å². The Balaban J connectivity index is 1.71.